The van der Waals surface area contributed by atoms with E-state index in [1.54, 1.807) is 23.2 Å². The molecule has 1 fully saturated rings. The van der Waals surface area contributed by atoms with Crippen LogP contribution >= 0.6 is 11.6 Å². The van der Waals surface area contributed by atoms with E-state index < -0.39 is 6.04 Å². The van der Waals surface area contributed by atoms with Gasteiger partial charge in [0.15, 0.2) is 0 Å². The molecular weight excluding hydrogens is 640 g/mol. The summed E-state index contributed by atoms with van der Waals surface area (Å²) in [5.41, 5.74) is 2.66. The fraction of sp³-hybridized carbons (Fsp3) is 0.605. The molecule has 3 unspecified atom stereocenters. The summed E-state index contributed by atoms with van der Waals surface area (Å²) in [6.45, 7) is 24.7. The zero-order chi connectivity index (χ0) is 37.5. The number of hydrogen-bond acceptors (Lipinski definition) is 7. The molecule has 0 spiro atoms. The Morgan fingerprint density at radius 3 is 2.29 bits per heavy atom. The molecule has 278 valence electrons. The van der Waals surface area contributed by atoms with Crippen molar-refractivity contribution in [2.45, 2.75) is 92.0 Å². The third-order valence-corrected chi connectivity index (χ3v) is 8.09. The van der Waals surface area contributed by atoms with Crippen LogP contribution in [0.1, 0.15) is 84.9 Å². The number of piperazine rings is 1. The van der Waals surface area contributed by atoms with Gasteiger partial charge in [-0.1, -0.05) is 90.4 Å². The van der Waals surface area contributed by atoms with E-state index in [-0.39, 0.29) is 36.8 Å². The number of benzene rings is 1. The molecule has 1 heterocycles. The molecule has 0 saturated carbocycles. The van der Waals surface area contributed by atoms with Gasteiger partial charge in [0.1, 0.15) is 6.61 Å². The highest BCUT2D eigenvalue weighted by Gasteiger charge is 2.35. The molecule has 49 heavy (non-hydrogen) atoms. The summed E-state index contributed by atoms with van der Waals surface area (Å²) in [6.07, 6.45) is 10.1. The van der Waals surface area contributed by atoms with E-state index in [0.29, 0.717) is 36.9 Å². The number of nitrogens with one attached hydrogen (secondary N) is 1. The maximum Gasteiger partial charge on any atom is 0.410 e. The number of unbranched alkanes of at least 4 members (excludes halogenated alkanes) is 1. The predicted molar refractivity (Wildman–Crippen MR) is 207 cm³/mol. The van der Waals surface area contributed by atoms with E-state index in [9.17, 15) is 9.59 Å². The second-order valence-electron chi connectivity index (χ2n) is 11.5. The van der Waals surface area contributed by atoms with Crippen LogP contribution in [0.4, 0.5) is 4.79 Å². The first kappa shape index (κ1) is 45.7. The zero-order valence-electron chi connectivity index (χ0n) is 32.2. The van der Waals surface area contributed by atoms with Crippen molar-refractivity contribution in [3.63, 3.8) is 0 Å². The minimum atomic E-state index is -0.525. The van der Waals surface area contributed by atoms with Crippen molar-refractivity contribution in [2.75, 3.05) is 61.0 Å². The summed E-state index contributed by atoms with van der Waals surface area (Å²) in [5.74, 6) is -0.263. The van der Waals surface area contributed by atoms with Crippen LogP contribution in [0.5, 0.6) is 0 Å². The van der Waals surface area contributed by atoms with Gasteiger partial charge in [-0.3, -0.25) is 14.7 Å². The Labute approximate surface area is 302 Å². The van der Waals surface area contributed by atoms with Crippen molar-refractivity contribution in [1.29, 1.82) is 0 Å². The maximum atomic E-state index is 12.7. The largest absolute Gasteiger partial charge is 0.447 e. The average Bonchev–Trinajstić information content (AvgIpc) is 3.10. The minimum Gasteiger partial charge on any atom is -0.447 e. The van der Waals surface area contributed by atoms with E-state index in [2.05, 4.69) is 53.3 Å². The van der Waals surface area contributed by atoms with E-state index in [4.69, 9.17) is 21.1 Å². The van der Waals surface area contributed by atoms with E-state index in [1.807, 2.05) is 79.1 Å². The molecule has 2 rings (SSSR count). The molecule has 10 nitrogen and oxygen atoms in total. The molecular formula is C38H65ClN6O4. The van der Waals surface area contributed by atoms with Crippen LogP contribution in [0, 0.1) is 0 Å². The number of carbonyl (C=O) groups is 2. The Kier molecular flexibility index (Phi) is 23.9. The third kappa shape index (κ3) is 15.4. The summed E-state index contributed by atoms with van der Waals surface area (Å²) >= 11 is 6.59. The summed E-state index contributed by atoms with van der Waals surface area (Å²) in [4.78, 5) is 37.5. The van der Waals surface area contributed by atoms with Crippen LogP contribution in [0.25, 0.3) is 6.08 Å². The molecule has 1 aliphatic rings. The fourth-order valence-corrected chi connectivity index (χ4v) is 5.63. The standard InChI is InChI=1S/C34H53ClN6O4.2C2H6/c1-10-12-13-31(38(7)11-2)33(40-18-20-41(21-19-40)34(43)45-25(3)4)29-16-15-28(35)22-27(29)14-17-30(37-32(42)23-44-9)26(5)39(8)24-36-6;2*1-2/h11,14-17,22,24-25,30-31,33H,2,5,10,12-13,18-21,23H2,1,3-4,6-9H3,(H,37,42);2*1-2H3/b17-14+,36-24?;;. The van der Waals surface area contributed by atoms with Crippen LogP contribution in [-0.4, -0.2) is 117 Å². The number of aliphatic imine (C=N–C) groups is 1. The molecule has 0 radical (unpaired) electrons. The number of nitrogens with zero attached hydrogens (tertiary/aromatic N) is 5. The van der Waals surface area contributed by atoms with Gasteiger partial charge in [-0.2, -0.15) is 0 Å². The second kappa shape index (κ2) is 25.6. The Morgan fingerprint density at radius 2 is 1.76 bits per heavy atom. The van der Waals surface area contributed by atoms with Crippen molar-refractivity contribution in [3.05, 3.63) is 65.5 Å². The molecule has 0 aliphatic carbocycles. The Morgan fingerprint density at radius 1 is 1.12 bits per heavy atom. The Bertz CT molecular complexity index is 1180. The first-order chi connectivity index (χ1) is 23.5. The van der Waals surface area contributed by atoms with Gasteiger partial charge >= 0.3 is 6.09 Å². The Balaban J connectivity index is 0.00000554. The molecule has 0 bridgehead atoms. The monoisotopic (exact) mass is 704 g/mol. The summed E-state index contributed by atoms with van der Waals surface area (Å²) in [6, 6.07) is 5.53. The van der Waals surface area contributed by atoms with Crippen LogP contribution in [0.3, 0.4) is 0 Å². The lowest BCUT2D eigenvalue weighted by Gasteiger charge is -2.45. The highest BCUT2D eigenvalue weighted by molar-refractivity contribution is 6.30. The third-order valence-electron chi connectivity index (χ3n) is 7.86. The topological polar surface area (TPSA) is 90.0 Å². The van der Waals surface area contributed by atoms with Gasteiger partial charge in [-0.05, 0) is 49.7 Å². The van der Waals surface area contributed by atoms with Gasteiger partial charge in [0.2, 0.25) is 5.91 Å². The first-order valence-corrected chi connectivity index (χ1v) is 18.0. The van der Waals surface area contributed by atoms with Gasteiger partial charge in [0.05, 0.1) is 24.5 Å². The number of halogens is 1. The number of rotatable bonds is 17. The number of carbonyl (C=O) groups excluding carboxylic acids is 2. The van der Waals surface area contributed by atoms with Crippen molar-refractivity contribution in [1.82, 2.24) is 24.9 Å². The lowest BCUT2D eigenvalue weighted by atomic mass is 9.88. The minimum absolute atomic E-state index is 0.0284. The number of methoxy groups -OCH3 is 1. The summed E-state index contributed by atoms with van der Waals surface area (Å²) in [7, 11) is 7.06. The highest BCUT2D eigenvalue weighted by atomic mass is 35.5. The lowest BCUT2D eigenvalue weighted by Crippen LogP contribution is -2.53. The molecule has 1 aromatic rings. The molecule has 1 saturated heterocycles. The van der Waals surface area contributed by atoms with Crippen LogP contribution in [-0.2, 0) is 14.3 Å². The zero-order valence-corrected chi connectivity index (χ0v) is 32.9. The molecule has 0 aromatic heterocycles. The van der Waals surface area contributed by atoms with Crippen LogP contribution in [0.2, 0.25) is 5.02 Å². The molecule has 3 atom stereocenters. The molecule has 2 amide bonds. The SMILES string of the molecule is C=CN(C)C(CCCC)C(c1ccc(Cl)cc1/C=C/C(NC(=O)COC)C(=C)N(C)C=NC)N1CCN(C(=O)OC(C)C)CC1.CC.CC. The highest BCUT2D eigenvalue weighted by Crippen LogP contribution is 2.35. The molecule has 1 aliphatic heterocycles. The molecule has 1 aromatic carbocycles. The maximum absolute atomic E-state index is 12.7. The average molecular weight is 705 g/mol. The second-order valence-corrected chi connectivity index (χ2v) is 12.0. The van der Waals surface area contributed by atoms with E-state index >= 15 is 0 Å². The van der Waals surface area contributed by atoms with Crippen molar-refractivity contribution >= 4 is 36.0 Å². The van der Waals surface area contributed by atoms with Gasteiger partial charge in [-0.25, -0.2) is 4.79 Å². The number of hydrogen-bond donors (Lipinski definition) is 1. The normalized spacial score (nSPS) is 15.0. The summed E-state index contributed by atoms with van der Waals surface area (Å²) < 4.78 is 10.5. The van der Waals surface area contributed by atoms with Gasteiger partial charge in [0.25, 0.3) is 0 Å². The van der Waals surface area contributed by atoms with E-state index in [1.165, 1.54) is 7.11 Å². The molecule has 1 N–H and O–H groups in total. The fourth-order valence-electron chi connectivity index (χ4n) is 5.45. The first-order valence-electron chi connectivity index (χ1n) is 17.6. The van der Waals surface area contributed by atoms with Crippen LogP contribution in [0.15, 0.2) is 54.3 Å². The number of likely N-dealkylation sites (N-methyl/N-ethyl adjacent to an activating group) is 2. The quantitative estimate of drug-likeness (QED) is 0.133. The van der Waals surface area contributed by atoms with Gasteiger partial charge in [-0.15, -0.1) is 0 Å². The van der Waals surface area contributed by atoms with Gasteiger partial charge < -0.3 is 29.5 Å². The number of amides is 2. The van der Waals surface area contributed by atoms with E-state index in [0.717, 1.165) is 30.4 Å². The predicted octanol–water partition coefficient (Wildman–Crippen LogP) is 7.48. The molecule has 11 heteroatoms. The Hall–Kier alpha value is -3.34. The number of ether oxygens (including phenoxy) is 2. The lowest BCUT2D eigenvalue weighted by molar-refractivity contribution is -0.125. The van der Waals surface area contributed by atoms with Gasteiger partial charge in [0, 0.05) is 71.2 Å². The van der Waals surface area contributed by atoms with Crippen molar-refractivity contribution in [2.24, 2.45) is 4.99 Å². The summed E-state index contributed by atoms with van der Waals surface area (Å²) in [5, 5.41) is 3.60. The smallest absolute Gasteiger partial charge is 0.410 e. The van der Waals surface area contributed by atoms with Crippen LogP contribution < -0.4 is 5.32 Å². The van der Waals surface area contributed by atoms with Crippen molar-refractivity contribution in [3.8, 4) is 0 Å². The van der Waals surface area contributed by atoms with Crippen molar-refractivity contribution < 1.29 is 19.1 Å².